The minimum Gasteiger partial charge on any atom is -0.496 e. The lowest BCUT2D eigenvalue weighted by atomic mass is 9.93. The fourth-order valence-corrected chi connectivity index (χ4v) is 7.88. The summed E-state index contributed by atoms with van der Waals surface area (Å²) in [7, 11) is 3.19. The largest absolute Gasteiger partial charge is 0.496 e. The molecule has 1 aliphatic heterocycles. The maximum Gasteiger partial charge on any atom is 0.338 e. The lowest BCUT2D eigenvalue weighted by molar-refractivity contribution is -0.139. The highest BCUT2D eigenvalue weighted by Crippen LogP contribution is 2.38. The Bertz CT molecular complexity index is 1610. The molecule has 11 heteroatoms. The van der Waals surface area contributed by atoms with Crippen LogP contribution in [0.2, 0.25) is 0 Å². The van der Waals surface area contributed by atoms with Crippen molar-refractivity contribution in [1.29, 1.82) is 0 Å². The summed E-state index contributed by atoms with van der Waals surface area (Å²) < 4.78 is 21.6. The molecule has 4 rings (SSSR count). The number of allylic oxidation sites excluding steroid dienone is 1. The van der Waals surface area contributed by atoms with Crippen molar-refractivity contribution in [2.45, 2.75) is 32.7 Å². The molecule has 0 amide bonds. The molecule has 0 spiro atoms. The number of carbonyl (C=O) groups is 1. The maximum atomic E-state index is 14.1. The lowest BCUT2D eigenvalue weighted by Crippen LogP contribution is -2.40. The Balaban J connectivity index is 2.08. The summed E-state index contributed by atoms with van der Waals surface area (Å²) in [4.78, 5) is 32.8. The number of hydrogen-bond acceptors (Lipinski definition) is 7. The smallest absolute Gasteiger partial charge is 0.338 e. The first kappa shape index (κ1) is 29.3. The highest BCUT2D eigenvalue weighted by atomic mass is 127. The van der Waals surface area contributed by atoms with Gasteiger partial charge in [-0.15, -0.1) is 0 Å². The maximum absolute atomic E-state index is 14.1. The van der Waals surface area contributed by atoms with Gasteiger partial charge in [-0.2, -0.15) is 0 Å². The van der Waals surface area contributed by atoms with Crippen molar-refractivity contribution in [2.24, 2.45) is 4.99 Å². The Morgan fingerprint density at radius 3 is 2.61 bits per heavy atom. The van der Waals surface area contributed by atoms with E-state index in [2.05, 4.69) is 61.1 Å². The molecular formula is C27H25BrI2N2O5S. The van der Waals surface area contributed by atoms with Crippen LogP contribution >= 0.6 is 72.4 Å². The summed E-state index contributed by atoms with van der Waals surface area (Å²) in [5, 5.41) is 0. The van der Waals surface area contributed by atoms with Crippen LogP contribution in [0, 0.1) is 7.14 Å². The summed E-state index contributed by atoms with van der Waals surface area (Å²) in [6, 6.07) is 8.77. The van der Waals surface area contributed by atoms with E-state index in [0.29, 0.717) is 44.1 Å². The van der Waals surface area contributed by atoms with Gasteiger partial charge < -0.3 is 14.2 Å². The van der Waals surface area contributed by atoms with Crippen molar-refractivity contribution in [3.63, 3.8) is 0 Å². The number of rotatable bonds is 8. The average molecular weight is 823 g/mol. The van der Waals surface area contributed by atoms with E-state index in [-0.39, 0.29) is 12.2 Å². The number of benzene rings is 2. The van der Waals surface area contributed by atoms with E-state index < -0.39 is 12.0 Å². The normalized spacial score (nSPS) is 15.2. The number of carbonyl (C=O) groups excluding carboxylic acids is 1. The summed E-state index contributed by atoms with van der Waals surface area (Å²) in [6.45, 7) is 4.00. The Labute approximate surface area is 260 Å². The van der Waals surface area contributed by atoms with Gasteiger partial charge >= 0.3 is 5.97 Å². The van der Waals surface area contributed by atoms with Crippen molar-refractivity contribution < 1.29 is 19.0 Å². The van der Waals surface area contributed by atoms with Crippen LogP contribution in [0.25, 0.3) is 6.08 Å². The topological polar surface area (TPSA) is 79.1 Å². The van der Waals surface area contributed by atoms with Crippen molar-refractivity contribution >= 4 is 84.5 Å². The summed E-state index contributed by atoms with van der Waals surface area (Å²) in [5.74, 6) is 0.761. The number of aromatic nitrogens is 1. The third kappa shape index (κ3) is 5.75. The monoisotopic (exact) mass is 822 g/mol. The van der Waals surface area contributed by atoms with Crippen LogP contribution in [-0.2, 0) is 9.53 Å². The number of ether oxygens (including phenoxy) is 3. The molecule has 0 bridgehead atoms. The summed E-state index contributed by atoms with van der Waals surface area (Å²) in [5.41, 5.74) is 2.18. The van der Waals surface area contributed by atoms with E-state index in [1.165, 1.54) is 11.3 Å². The van der Waals surface area contributed by atoms with Crippen LogP contribution in [0.5, 0.6) is 11.5 Å². The van der Waals surface area contributed by atoms with Gasteiger partial charge in [0.2, 0.25) is 0 Å². The van der Waals surface area contributed by atoms with Crippen molar-refractivity contribution in [1.82, 2.24) is 4.57 Å². The molecule has 0 saturated heterocycles. The molecule has 1 aromatic heterocycles. The van der Waals surface area contributed by atoms with Crippen molar-refractivity contribution in [2.75, 3.05) is 20.8 Å². The lowest BCUT2D eigenvalue weighted by Gasteiger charge is -2.27. The zero-order chi connectivity index (χ0) is 27.6. The number of halogens is 3. The van der Waals surface area contributed by atoms with E-state index in [9.17, 15) is 9.59 Å². The Hall–Kier alpha value is -1.71. The zero-order valence-electron chi connectivity index (χ0n) is 21.1. The van der Waals surface area contributed by atoms with Gasteiger partial charge in [0.1, 0.15) is 17.5 Å². The van der Waals surface area contributed by atoms with Crippen molar-refractivity contribution in [3.05, 3.63) is 84.0 Å². The molecule has 0 N–H and O–H groups in total. The van der Waals surface area contributed by atoms with Crippen LogP contribution in [0.1, 0.15) is 43.9 Å². The molecule has 0 aliphatic carbocycles. The standard InChI is InChI=1S/C27H25BrI2N2O5S/c1-5-7-19-22(26(34)37-6-2)23(17-12-15(28)8-9-20(17)35-3)32-25(33)21(38-27(32)31-19)11-14-10-16(29)13-18(30)24(14)36-4/h8-13,23H,5-7H2,1-4H3/b21-11+/t23-/m1/s1. The van der Waals surface area contributed by atoms with Gasteiger partial charge in [0.05, 0.1) is 40.2 Å². The van der Waals surface area contributed by atoms with Crippen LogP contribution in [0.3, 0.4) is 0 Å². The second-order valence-electron chi connectivity index (χ2n) is 8.31. The Morgan fingerprint density at radius 2 is 1.95 bits per heavy atom. The molecule has 2 aromatic carbocycles. The average Bonchev–Trinajstić information content (AvgIpc) is 3.17. The molecule has 0 radical (unpaired) electrons. The highest BCUT2D eigenvalue weighted by Gasteiger charge is 2.36. The number of fused-ring (bicyclic) bond motifs is 1. The first-order chi connectivity index (χ1) is 18.2. The van der Waals surface area contributed by atoms with Crippen LogP contribution in [0.15, 0.2) is 55.9 Å². The Kier molecular flexibility index (Phi) is 9.74. The third-order valence-electron chi connectivity index (χ3n) is 5.91. The fourth-order valence-electron chi connectivity index (χ4n) is 4.38. The molecule has 0 unspecified atom stereocenters. The molecule has 1 aliphatic rings. The summed E-state index contributed by atoms with van der Waals surface area (Å²) >= 11 is 9.31. The van der Waals surface area contributed by atoms with E-state index >= 15 is 0 Å². The Morgan fingerprint density at radius 1 is 1.18 bits per heavy atom. The first-order valence-electron chi connectivity index (χ1n) is 11.8. The van der Waals surface area contributed by atoms with Crippen LogP contribution < -0.4 is 24.4 Å². The van der Waals surface area contributed by atoms with Gasteiger partial charge in [0.25, 0.3) is 5.56 Å². The van der Waals surface area contributed by atoms with Crippen LogP contribution in [0.4, 0.5) is 0 Å². The number of hydrogen-bond donors (Lipinski definition) is 0. The number of nitrogens with zero attached hydrogens (tertiary/aromatic N) is 2. The molecule has 7 nitrogen and oxygen atoms in total. The van der Waals surface area contributed by atoms with Gasteiger partial charge in [0.15, 0.2) is 4.80 Å². The minimum absolute atomic E-state index is 0.208. The first-order valence-corrected chi connectivity index (χ1v) is 15.6. The van der Waals surface area contributed by atoms with E-state index in [0.717, 1.165) is 23.6 Å². The third-order valence-corrected chi connectivity index (χ3v) is 8.81. The number of thiazole rings is 1. The summed E-state index contributed by atoms with van der Waals surface area (Å²) in [6.07, 6.45) is 3.17. The van der Waals surface area contributed by atoms with E-state index in [1.54, 1.807) is 25.7 Å². The zero-order valence-corrected chi connectivity index (χ0v) is 27.9. The quantitative estimate of drug-likeness (QED) is 0.220. The predicted molar refractivity (Wildman–Crippen MR) is 169 cm³/mol. The second kappa shape index (κ2) is 12.6. The second-order valence-corrected chi connectivity index (χ2v) is 12.6. The van der Waals surface area contributed by atoms with Crippen molar-refractivity contribution in [3.8, 4) is 11.5 Å². The molecule has 0 saturated carbocycles. The molecule has 3 aromatic rings. The SMILES string of the molecule is CCCC1=C(C(=O)OCC)[C@@H](c2cc(Br)ccc2OC)n2c(s/c(=C/c3cc(I)cc(I)c3OC)c2=O)=N1. The van der Waals surface area contributed by atoms with Gasteiger partial charge in [-0.1, -0.05) is 40.6 Å². The number of methoxy groups -OCH3 is 2. The molecular weight excluding hydrogens is 798 g/mol. The predicted octanol–water partition coefficient (Wildman–Crippen LogP) is 5.57. The van der Waals surface area contributed by atoms with Crippen LogP contribution in [-0.4, -0.2) is 31.4 Å². The molecule has 1 atom stereocenters. The molecule has 38 heavy (non-hydrogen) atoms. The molecule has 0 fully saturated rings. The van der Waals surface area contributed by atoms with Gasteiger partial charge in [-0.3, -0.25) is 9.36 Å². The van der Waals surface area contributed by atoms with E-state index in [1.807, 2.05) is 43.3 Å². The highest BCUT2D eigenvalue weighted by molar-refractivity contribution is 14.1. The van der Waals surface area contributed by atoms with Gasteiger partial charge in [0, 0.05) is 19.2 Å². The van der Waals surface area contributed by atoms with E-state index in [4.69, 9.17) is 19.2 Å². The van der Waals surface area contributed by atoms with Gasteiger partial charge in [-0.25, -0.2) is 9.79 Å². The number of esters is 1. The molecule has 2 heterocycles. The fraction of sp³-hybridized carbons (Fsp3) is 0.296. The van der Waals surface area contributed by atoms with Gasteiger partial charge in [-0.05, 0) is 94.9 Å². The molecule has 200 valence electrons. The minimum atomic E-state index is -0.764.